The highest BCUT2D eigenvalue weighted by atomic mass is 16.5. The smallest absolute Gasteiger partial charge is 0.191 e. The van der Waals surface area contributed by atoms with Crippen LogP contribution in [0.3, 0.4) is 0 Å². The van der Waals surface area contributed by atoms with E-state index in [1.54, 1.807) is 7.05 Å². The third-order valence-electron chi connectivity index (χ3n) is 4.42. The van der Waals surface area contributed by atoms with Crippen LogP contribution < -0.4 is 20.1 Å². The Hall–Kier alpha value is -2.35. The van der Waals surface area contributed by atoms with Crippen LogP contribution in [-0.4, -0.2) is 38.3 Å². The van der Waals surface area contributed by atoms with Crippen LogP contribution in [0.5, 0.6) is 11.5 Å². The van der Waals surface area contributed by atoms with Gasteiger partial charge < -0.3 is 20.1 Å². The van der Waals surface area contributed by atoms with E-state index in [9.17, 15) is 0 Å². The second kappa shape index (κ2) is 7.04. The standard InChI is InChI=1S/C19H25N3O2/c1-5-7-21-19(20-4)22-16-10-14(16)15-11-17-13(8-12(3)24-17)9-18(15)23-6-2/h1,9,11-12,14,16H,6-8,10H2,2-4H3,(H2,20,21,22). The molecule has 1 aromatic rings. The molecule has 1 fully saturated rings. The average molecular weight is 327 g/mol. The summed E-state index contributed by atoms with van der Waals surface area (Å²) in [4.78, 5) is 4.20. The highest BCUT2D eigenvalue weighted by Gasteiger charge is 2.41. The summed E-state index contributed by atoms with van der Waals surface area (Å²) >= 11 is 0. The topological polar surface area (TPSA) is 54.9 Å². The third-order valence-corrected chi connectivity index (χ3v) is 4.42. The molecule has 0 aromatic heterocycles. The molecule has 1 heterocycles. The molecule has 5 heteroatoms. The van der Waals surface area contributed by atoms with E-state index in [2.05, 4.69) is 40.6 Å². The maximum atomic E-state index is 5.91. The molecule has 1 aliphatic carbocycles. The van der Waals surface area contributed by atoms with Crippen LogP contribution in [0.25, 0.3) is 0 Å². The summed E-state index contributed by atoms with van der Waals surface area (Å²) in [6.07, 6.45) is 7.52. The minimum atomic E-state index is 0.240. The Kier molecular flexibility index (Phi) is 4.84. The molecule has 2 N–H and O–H groups in total. The Bertz CT molecular complexity index is 678. The van der Waals surface area contributed by atoms with Crippen molar-refractivity contribution in [2.24, 2.45) is 4.99 Å². The Morgan fingerprint density at radius 3 is 3.04 bits per heavy atom. The van der Waals surface area contributed by atoms with E-state index < -0.39 is 0 Å². The highest BCUT2D eigenvalue weighted by molar-refractivity contribution is 5.80. The van der Waals surface area contributed by atoms with E-state index in [0.717, 1.165) is 30.3 Å². The predicted octanol–water partition coefficient (Wildman–Crippen LogP) is 2.06. The van der Waals surface area contributed by atoms with E-state index in [-0.39, 0.29) is 6.10 Å². The largest absolute Gasteiger partial charge is 0.494 e. The van der Waals surface area contributed by atoms with Gasteiger partial charge in [0, 0.05) is 36.6 Å². The van der Waals surface area contributed by atoms with Gasteiger partial charge in [-0.25, -0.2) is 0 Å². The first-order valence-electron chi connectivity index (χ1n) is 8.53. The first-order valence-corrected chi connectivity index (χ1v) is 8.53. The number of guanidine groups is 1. The summed E-state index contributed by atoms with van der Waals surface area (Å²) in [7, 11) is 1.75. The lowest BCUT2D eigenvalue weighted by Crippen LogP contribution is -2.39. The summed E-state index contributed by atoms with van der Waals surface area (Å²) in [6, 6.07) is 4.65. The van der Waals surface area contributed by atoms with Gasteiger partial charge in [0.1, 0.15) is 17.6 Å². The molecule has 0 spiro atoms. The van der Waals surface area contributed by atoms with Crippen molar-refractivity contribution >= 4 is 5.96 Å². The van der Waals surface area contributed by atoms with E-state index in [0.29, 0.717) is 25.1 Å². The number of nitrogens with one attached hydrogen (secondary N) is 2. The molecule has 1 saturated carbocycles. The Morgan fingerprint density at radius 1 is 1.50 bits per heavy atom. The summed E-state index contributed by atoms with van der Waals surface area (Å²) in [5, 5.41) is 6.51. The lowest BCUT2D eigenvalue weighted by Gasteiger charge is -2.14. The molecule has 0 bridgehead atoms. The molecular formula is C19H25N3O2. The molecule has 1 aromatic carbocycles. The van der Waals surface area contributed by atoms with Gasteiger partial charge in [-0.15, -0.1) is 6.42 Å². The lowest BCUT2D eigenvalue weighted by molar-refractivity contribution is 0.254. The van der Waals surface area contributed by atoms with Crippen LogP contribution in [0.2, 0.25) is 0 Å². The Balaban J connectivity index is 1.74. The Labute approximate surface area is 143 Å². The molecule has 2 aliphatic rings. The van der Waals surface area contributed by atoms with Crippen LogP contribution in [0.4, 0.5) is 0 Å². The second-order valence-corrected chi connectivity index (χ2v) is 6.29. The van der Waals surface area contributed by atoms with Gasteiger partial charge in [-0.1, -0.05) is 5.92 Å². The molecule has 5 nitrogen and oxygen atoms in total. The van der Waals surface area contributed by atoms with Gasteiger partial charge in [0.2, 0.25) is 0 Å². The SMILES string of the molecule is C#CCNC(=NC)NC1CC1c1cc2c(cc1OCC)CC(C)O2. The fourth-order valence-electron chi connectivity index (χ4n) is 3.23. The zero-order chi connectivity index (χ0) is 17.1. The zero-order valence-corrected chi connectivity index (χ0v) is 14.6. The zero-order valence-electron chi connectivity index (χ0n) is 14.6. The number of hydrogen-bond donors (Lipinski definition) is 2. The quantitative estimate of drug-likeness (QED) is 0.494. The maximum Gasteiger partial charge on any atom is 0.191 e. The maximum absolute atomic E-state index is 5.91. The average Bonchev–Trinajstić information content (AvgIpc) is 3.23. The van der Waals surface area contributed by atoms with Crippen LogP contribution in [0.15, 0.2) is 17.1 Å². The van der Waals surface area contributed by atoms with Crippen LogP contribution in [-0.2, 0) is 6.42 Å². The van der Waals surface area contributed by atoms with Crippen molar-refractivity contribution in [1.29, 1.82) is 0 Å². The van der Waals surface area contributed by atoms with Crippen LogP contribution in [0, 0.1) is 12.3 Å². The fraction of sp³-hybridized carbons (Fsp3) is 0.526. The highest BCUT2D eigenvalue weighted by Crippen LogP contribution is 2.48. The third kappa shape index (κ3) is 3.43. The van der Waals surface area contributed by atoms with Crippen molar-refractivity contribution in [1.82, 2.24) is 10.6 Å². The molecule has 1 aliphatic heterocycles. The number of benzene rings is 1. The number of aliphatic imine (C=N–C) groups is 1. The van der Waals surface area contributed by atoms with Gasteiger partial charge in [0.05, 0.1) is 13.2 Å². The molecule has 0 radical (unpaired) electrons. The van der Waals surface area contributed by atoms with E-state index >= 15 is 0 Å². The minimum absolute atomic E-state index is 0.240. The van der Waals surface area contributed by atoms with E-state index in [1.807, 2.05) is 6.92 Å². The molecule has 0 saturated heterocycles. The van der Waals surface area contributed by atoms with Crippen LogP contribution >= 0.6 is 0 Å². The molecule has 0 amide bonds. The van der Waals surface area contributed by atoms with E-state index in [4.69, 9.17) is 15.9 Å². The number of fused-ring (bicyclic) bond motifs is 1. The van der Waals surface area contributed by atoms with Gasteiger partial charge in [-0.2, -0.15) is 0 Å². The summed E-state index contributed by atoms with van der Waals surface area (Å²) in [6.45, 7) is 5.25. The monoisotopic (exact) mass is 327 g/mol. The van der Waals surface area contributed by atoms with Crippen molar-refractivity contribution in [3.05, 3.63) is 23.3 Å². The summed E-state index contributed by atoms with van der Waals surface area (Å²) in [5.41, 5.74) is 2.46. The molecule has 3 atom stereocenters. The molecular weight excluding hydrogens is 302 g/mol. The van der Waals surface area contributed by atoms with Gasteiger partial charge >= 0.3 is 0 Å². The van der Waals surface area contributed by atoms with E-state index in [1.165, 1.54) is 11.1 Å². The van der Waals surface area contributed by atoms with Gasteiger partial charge in [-0.3, -0.25) is 4.99 Å². The lowest BCUT2D eigenvalue weighted by atomic mass is 10.0. The Morgan fingerprint density at radius 2 is 2.33 bits per heavy atom. The van der Waals surface area contributed by atoms with Crippen LogP contribution in [0.1, 0.15) is 37.3 Å². The summed E-state index contributed by atoms with van der Waals surface area (Å²) < 4.78 is 11.8. The number of nitrogens with zero attached hydrogens (tertiary/aromatic N) is 1. The first-order chi connectivity index (χ1) is 11.7. The number of rotatable bonds is 5. The predicted molar refractivity (Wildman–Crippen MR) is 95.9 cm³/mol. The molecule has 3 unspecified atom stereocenters. The molecule has 128 valence electrons. The van der Waals surface area contributed by atoms with Crippen molar-refractivity contribution in [2.75, 3.05) is 20.2 Å². The van der Waals surface area contributed by atoms with Crippen molar-refractivity contribution in [3.8, 4) is 23.8 Å². The number of ether oxygens (including phenoxy) is 2. The van der Waals surface area contributed by atoms with Crippen molar-refractivity contribution < 1.29 is 9.47 Å². The number of hydrogen-bond acceptors (Lipinski definition) is 3. The van der Waals surface area contributed by atoms with Gasteiger partial charge in [0.15, 0.2) is 5.96 Å². The van der Waals surface area contributed by atoms with Gasteiger partial charge in [-0.05, 0) is 32.4 Å². The minimum Gasteiger partial charge on any atom is -0.494 e. The second-order valence-electron chi connectivity index (χ2n) is 6.29. The molecule has 3 rings (SSSR count). The van der Waals surface area contributed by atoms with Crippen molar-refractivity contribution in [2.45, 2.75) is 44.8 Å². The number of terminal acetylenes is 1. The molecule has 24 heavy (non-hydrogen) atoms. The van der Waals surface area contributed by atoms with Gasteiger partial charge in [0.25, 0.3) is 0 Å². The first kappa shape index (κ1) is 16.5. The normalized spacial score (nSPS) is 24.6. The fourth-order valence-corrected chi connectivity index (χ4v) is 3.23. The summed E-state index contributed by atoms with van der Waals surface area (Å²) in [5.74, 6) is 5.69. The van der Waals surface area contributed by atoms with Crippen molar-refractivity contribution in [3.63, 3.8) is 0 Å².